The van der Waals surface area contributed by atoms with E-state index >= 15 is 0 Å². The molecule has 0 unspecified atom stereocenters. The van der Waals surface area contributed by atoms with E-state index in [0.29, 0.717) is 13.0 Å². The van der Waals surface area contributed by atoms with Crippen molar-refractivity contribution in [2.24, 2.45) is 0 Å². The average molecular weight is 231 g/mol. The smallest absolute Gasteiger partial charge is 0.410 e. The zero-order chi connectivity index (χ0) is 13.0. The van der Waals surface area contributed by atoms with E-state index in [1.54, 1.807) is 4.90 Å². The summed E-state index contributed by atoms with van der Waals surface area (Å²) in [5.41, 5.74) is -0.780. The summed E-state index contributed by atoms with van der Waals surface area (Å²) in [6.07, 6.45) is 0.240. The predicted molar refractivity (Wildman–Crippen MR) is 64.4 cm³/mol. The third kappa shape index (κ3) is 5.95. The van der Waals surface area contributed by atoms with E-state index in [1.807, 2.05) is 41.5 Å². The largest absolute Gasteiger partial charge is 0.444 e. The highest BCUT2D eigenvalue weighted by Gasteiger charge is 2.29. The summed E-state index contributed by atoms with van der Waals surface area (Å²) < 4.78 is 5.33. The number of rotatable bonds is 3. The highest BCUT2D eigenvalue weighted by atomic mass is 16.6. The van der Waals surface area contributed by atoms with Gasteiger partial charge in [-0.1, -0.05) is 0 Å². The van der Waals surface area contributed by atoms with Gasteiger partial charge in [0, 0.05) is 18.7 Å². The van der Waals surface area contributed by atoms with Crippen molar-refractivity contribution in [1.82, 2.24) is 4.90 Å². The molecule has 1 amide bonds. The van der Waals surface area contributed by atoms with E-state index in [0.717, 1.165) is 0 Å². The minimum Gasteiger partial charge on any atom is -0.444 e. The second-order valence-electron chi connectivity index (χ2n) is 5.88. The van der Waals surface area contributed by atoms with Gasteiger partial charge in [-0.05, 0) is 48.0 Å². The van der Waals surface area contributed by atoms with E-state index in [-0.39, 0.29) is 18.2 Å². The molecule has 4 heteroatoms. The third-order valence-electron chi connectivity index (χ3n) is 1.96. The maximum atomic E-state index is 11.9. The Bertz CT molecular complexity index is 225. The van der Waals surface area contributed by atoms with E-state index in [1.165, 1.54) is 0 Å². The molecule has 0 aromatic heterocycles. The number of nitrogens with zero attached hydrogens (tertiary/aromatic N) is 1. The van der Waals surface area contributed by atoms with E-state index in [9.17, 15) is 4.79 Å². The molecule has 0 aliphatic carbocycles. The summed E-state index contributed by atoms with van der Waals surface area (Å²) in [6.45, 7) is 12.0. The minimum absolute atomic E-state index is 0.0787. The van der Waals surface area contributed by atoms with Gasteiger partial charge in [-0.15, -0.1) is 0 Å². The lowest BCUT2D eigenvalue weighted by atomic mass is 10.1. The molecule has 0 fully saturated rings. The molecule has 0 aromatic carbocycles. The zero-order valence-corrected chi connectivity index (χ0v) is 11.3. The quantitative estimate of drug-likeness (QED) is 0.811. The van der Waals surface area contributed by atoms with Gasteiger partial charge >= 0.3 is 6.09 Å². The van der Waals surface area contributed by atoms with E-state index in [4.69, 9.17) is 9.84 Å². The molecule has 0 bridgehead atoms. The molecule has 0 saturated carbocycles. The highest BCUT2D eigenvalue weighted by Crippen LogP contribution is 2.18. The molecule has 0 aromatic rings. The zero-order valence-electron chi connectivity index (χ0n) is 11.3. The van der Waals surface area contributed by atoms with Gasteiger partial charge in [-0.25, -0.2) is 4.79 Å². The van der Waals surface area contributed by atoms with Crippen LogP contribution in [0.3, 0.4) is 0 Å². The van der Waals surface area contributed by atoms with E-state index < -0.39 is 5.60 Å². The lowest BCUT2D eigenvalue weighted by Gasteiger charge is -2.36. The van der Waals surface area contributed by atoms with Gasteiger partial charge in [0.25, 0.3) is 0 Å². The fourth-order valence-electron chi connectivity index (χ4n) is 1.25. The van der Waals surface area contributed by atoms with Gasteiger partial charge < -0.3 is 14.7 Å². The Labute approximate surface area is 98.6 Å². The molecular formula is C12H25NO3. The number of aliphatic hydroxyl groups is 1. The van der Waals surface area contributed by atoms with Crippen LogP contribution in [-0.2, 0) is 4.74 Å². The number of aliphatic hydroxyl groups excluding tert-OH is 1. The predicted octanol–water partition coefficient (Wildman–Crippen LogP) is 2.40. The molecule has 0 atom stereocenters. The van der Waals surface area contributed by atoms with Crippen molar-refractivity contribution in [3.63, 3.8) is 0 Å². The standard InChI is InChI=1S/C12H25NO3/c1-11(2,3)13(8-7-9-14)10(15)16-12(4,5)6/h14H,7-9H2,1-6H3. The van der Waals surface area contributed by atoms with Crippen LogP contribution in [0.25, 0.3) is 0 Å². The number of carbonyl (C=O) groups is 1. The van der Waals surface area contributed by atoms with Crippen molar-refractivity contribution < 1.29 is 14.6 Å². The first-order chi connectivity index (χ1) is 7.08. The van der Waals surface area contributed by atoms with E-state index in [2.05, 4.69) is 0 Å². The Morgan fingerprint density at radius 3 is 2.00 bits per heavy atom. The fourth-order valence-corrected chi connectivity index (χ4v) is 1.25. The van der Waals surface area contributed by atoms with Gasteiger partial charge in [0.05, 0.1) is 0 Å². The summed E-state index contributed by atoms with van der Waals surface area (Å²) in [5, 5.41) is 8.82. The van der Waals surface area contributed by atoms with Crippen molar-refractivity contribution in [2.75, 3.05) is 13.2 Å². The number of hydrogen-bond acceptors (Lipinski definition) is 3. The van der Waals surface area contributed by atoms with Gasteiger partial charge in [0.15, 0.2) is 0 Å². The van der Waals surface area contributed by atoms with Crippen molar-refractivity contribution >= 4 is 6.09 Å². The Morgan fingerprint density at radius 2 is 1.69 bits per heavy atom. The maximum absolute atomic E-state index is 11.9. The molecule has 0 heterocycles. The van der Waals surface area contributed by atoms with Gasteiger partial charge in [0.2, 0.25) is 0 Å². The molecule has 0 spiro atoms. The summed E-state index contributed by atoms with van der Waals surface area (Å²) in [5.74, 6) is 0. The molecule has 0 aliphatic rings. The molecule has 4 nitrogen and oxygen atoms in total. The molecule has 96 valence electrons. The second kappa shape index (κ2) is 5.53. The van der Waals surface area contributed by atoms with Crippen LogP contribution in [0.1, 0.15) is 48.0 Å². The first kappa shape index (κ1) is 15.2. The number of ether oxygens (including phenoxy) is 1. The lowest BCUT2D eigenvalue weighted by Crippen LogP contribution is -2.48. The second-order valence-corrected chi connectivity index (χ2v) is 5.88. The van der Waals surface area contributed by atoms with Crippen LogP contribution in [0.4, 0.5) is 4.79 Å². The lowest BCUT2D eigenvalue weighted by molar-refractivity contribution is 0.00501. The molecule has 1 N–H and O–H groups in total. The van der Waals surface area contributed by atoms with Crippen LogP contribution in [0, 0.1) is 0 Å². The fraction of sp³-hybridized carbons (Fsp3) is 0.917. The SMILES string of the molecule is CC(C)(C)OC(=O)N(CCCO)C(C)(C)C. The third-order valence-corrected chi connectivity index (χ3v) is 1.96. The van der Waals surface area contributed by atoms with Crippen LogP contribution in [0.5, 0.6) is 0 Å². The molecular weight excluding hydrogens is 206 g/mol. The molecule has 0 rings (SSSR count). The van der Waals surface area contributed by atoms with Gasteiger partial charge in [-0.2, -0.15) is 0 Å². The molecule has 0 saturated heterocycles. The monoisotopic (exact) mass is 231 g/mol. The van der Waals surface area contributed by atoms with Crippen LogP contribution in [0.2, 0.25) is 0 Å². The average Bonchev–Trinajstić information content (AvgIpc) is 1.98. The van der Waals surface area contributed by atoms with Crippen molar-refractivity contribution in [1.29, 1.82) is 0 Å². The summed E-state index contributed by atoms with van der Waals surface area (Å²) >= 11 is 0. The topological polar surface area (TPSA) is 49.8 Å². The number of amides is 1. The van der Waals surface area contributed by atoms with Crippen LogP contribution in [-0.4, -0.2) is 40.4 Å². The van der Waals surface area contributed by atoms with Gasteiger partial charge in [-0.3, -0.25) is 0 Å². The number of carbonyl (C=O) groups excluding carboxylic acids is 1. The summed E-state index contributed by atoms with van der Waals surface area (Å²) in [6, 6.07) is 0. The van der Waals surface area contributed by atoms with Crippen molar-refractivity contribution in [2.45, 2.75) is 59.1 Å². The maximum Gasteiger partial charge on any atom is 0.410 e. The summed E-state index contributed by atoms with van der Waals surface area (Å²) in [4.78, 5) is 13.6. The minimum atomic E-state index is -0.486. The van der Waals surface area contributed by atoms with Crippen LogP contribution in [0.15, 0.2) is 0 Å². The Kier molecular flexibility index (Phi) is 5.26. The van der Waals surface area contributed by atoms with Crippen LogP contribution >= 0.6 is 0 Å². The van der Waals surface area contributed by atoms with Crippen molar-refractivity contribution in [3.8, 4) is 0 Å². The summed E-state index contributed by atoms with van der Waals surface area (Å²) in [7, 11) is 0. The molecule has 16 heavy (non-hydrogen) atoms. The Morgan fingerprint density at radius 1 is 1.19 bits per heavy atom. The highest BCUT2D eigenvalue weighted by molar-refractivity contribution is 5.69. The normalized spacial score (nSPS) is 12.4. The molecule has 0 radical (unpaired) electrons. The first-order valence-electron chi connectivity index (χ1n) is 5.69. The first-order valence-corrected chi connectivity index (χ1v) is 5.69. The Balaban J connectivity index is 4.58. The Hall–Kier alpha value is -0.770. The number of hydrogen-bond donors (Lipinski definition) is 1. The molecule has 0 aliphatic heterocycles. The van der Waals surface area contributed by atoms with Gasteiger partial charge in [0.1, 0.15) is 5.60 Å². The van der Waals surface area contributed by atoms with Crippen molar-refractivity contribution in [3.05, 3.63) is 0 Å². The van der Waals surface area contributed by atoms with Crippen LogP contribution < -0.4 is 0 Å².